The summed E-state index contributed by atoms with van der Waals surface area (Å²) in [4.78, 5) is 2.88. The normalized spacial score (nSPS) is 20.3. The molecule has 1 aromatic rings. The first-order valence-electron chi connectivity index (χ1n) is 6.60. The third kappa shape index (κ3) is 3.83. The summed E-state index contributed by atoms with van der Waals surface area (Å²) in [6.45, 7) is 7.00. The molecule has 2 nitrogen and oxygen atoms in total. The number of halogens is 2. The Morgan fingerprint density at radius 1 is 1.32 bits per heavy atom. The molecular formula is C14H20F2N2S. The SMILES string of the molecule is CC(C)C1CN(c2ccccc2SC(F)F)CCN1. The molecular weight excluding hydrogens is 266 g/mol. The van der Waals surface area contributed by atoms with E-state index in [-0.39, 0.29) is 0 Å². The average Bonchev–Trinajstić information content (AvgIpc) is 2.39. The van der Waals surface area contributed by atoms with Crippen molar-refractivity contribution < 1.29 is 8.78 Å². The lowest BCUT2D eigenvalue weighted by Gasteiger charge is -2.38. The number of rotatable bonds is 4. The Labute approximate surface area is 117 Å². The molecule has 1 aliphatic heterocycles. The number of piperazine rings is 1. The van der Waals surface area contributed by atoms with E-state index in [0.29, 0.717) is 28.6 Å². The zero-order chi connectivity index (χ0) is 13.8. The van der Waals surface area contributed by atoms with E-state index in [2.05, 4.69) is 24.1 Å². The summed E-state index contributed by atoms with van der Waals surface area (Å²) in [5, 5.41) is 3.48. The van der Waals surface area contributed by atoms with E-state index >= 15 is 0 Å². The van der Waals surface area contributed by atoms with Gasteiger partial charge in [0, 0.05) is 30.6 Å². The van der Waals surface area contributed by atoms with Gasteiger partial charge in [-0.2, -0.15) is 8.78 Å². The van der Waals surface area contributed by atoms with Gasteiger partial charge in [-0.15, -0.1) is 0 Å². The van der Waals surface area contributed by atoms with Gasteiger partial charge in [0.2, 0.25) is 0 Å². The predicted molar refractivity (Wildman–Crippen MR) is 77.1 cm³/mol. The molecule has 1 fully saturated rings. The van der Waals surface area contributed by atoms with Crippen LogP contribution in [0.1, 0.15) is 13.8 Å². The molecule has 1 unspecified atom stereocenters. The fourth-order valence-corrected chi connectivity index (χ4v) is 3.02. The molecule has 0 aromatic heterocycles. The van der Waals surface area contributed by atoms with Gasteiger partial charge in [0.15, 0.2) is 0 Å². The highest BCUT2D eigenvalue weighted by Crippen LogP contribution is 2.34. The number of anilines is 1. The number of thioether (sulfide) groups is 1. The molecule has 1 aliphatic rings. The van der Waals surface area contributed by atoms with Crippen LogP contribution in [0.25, 0.3) is 0 Å². The van der Waals surface area contributed by atoms with Crippen molar-refractivity contribution in [1.82, 2.24) is 5.32 Å². The molecule has 0 amide bonds. The first-order chi connectivity index (χ1) is 9.08. The number of nitrogens with one attached hydrogen (secondary N) is 1. The van der Waals surface area contributed by atoms with Crippen LogP contribution in [0.5, 0.6) is 0 Å². The Hall–Kier alpha value is -0.810. The Kier molecular flexibility index (Phi) is 5.05. The van der Waals surface area contributed by atoms with E-state index in [4.69, 9.17) is 0 Å². The molecule has 1 saturated heterocycles. The standard InChI is InChI=1S/C14H20F2N2S/c1-10(2)11-9-18(8-7-17-11)12-5-3-4-6-13(12)19-14(15)16/h3-6,10-11,14,17H,7-9H2,1-2H3. The number of para-hydroxylation sites is 1. The minimum absolute atomic E-state index is 0.415. The molecule has 2 rings (SSSR count). The zero-order valence-electron chi connectivity index (χ0n) is 11.3. The molecule has 1 N–H and O–H groups in total. The van der Waals surface area contributed by atoms with Gasteiger partial charge >= 0.3 is 0 Å². The highest BCUT2D eigenvalue weighted by molar-refractivity contribution is 7.99. The summed E-state index contributed by atoms with van der Waals surface area (Å²) >= 11 is 0.633. The Morgan fingerprint density at radius 3 is 2.74 bits per heavy atom. The third-order valence-electron chi connectivity index (χ3n) is 3.43. The summed E-state index contributed by atoms with van der Waals surface area (Å²) in [5.74, 6) is -1.83. The highest BCUT2D eigenvalue weighted by Gasteiger charge is 2.23. The van der Waals surface area contributed by atoms with Crippen molar-refractivity contribution in [3.63, 3.8) is 0 Å². The fraction of sp³-hybridized carbons (Fsp3) is 0.571. The van der Waals surface area contributed by atoms with Crippen LogP contribution in [0, 0.1) is 5.92 Å². The van der Waals surface area contributed by atoms with Gasteiger partial charge in [0.1, 0.15) is 0 Å². The number of benzene rings is 1. The molecule has 0 spiro atoms. The van der Waals surface area contributed by atoms with Gasteiger partial charge in [0.25, 0.3) is 5.76 Å². The Balaban J connectivity index is 2.16. The van der Waals surface area contributed by atoms with E-state index in [0.717, 1.165) is 25.3 Å². The van der Waals surface area contributed by atoms with Crippen molar-refractivity contribution in [3.8, 4) is 0 Å². The van der Waals surface area contributed by atoms with Gasteiger partial charge < -0.3 is 10.2 Å². The molecule has 0 aliphatic carbocycles. The number of hydrogen-bond donors (Lipinski definition) is 1. The van der Waals surface area contributed by atoms with Gasteiger partial charge in [0.05, 0.1) is 5.69 Å². The monoisotopic (exact) mass is 286 g/mol. The van der Waals surface area contributed by atoms with E-state index in [9.17, 15) is 8.78 Å². The lowest BCUT2D eigenvalue weighted by Crippen LogP contribution is -2.53. The first kappa shape index (κ1) is 14.6. The minimum Gasteiger partial charge on any atom is -0.368 e. The summed E-state index contributed by atoms with van der Waals surface area (Å²) in [5.41, 5.74) is 0.931. The van der Waals surface area contributed by atoms with E-state index in [1.165, 1.54) is 0 Å². The van der Waals surface area contributed by atoms with E-state index in [1.54, 1.807) is 6.07 Å². The summed E-state index contributed by atoms with van der Waals surface area (Å²) in [6.07, 6.45) is 0. The summed E-state index contributed by atoms with van der Waals surface area (Å²) in [6, 6.07) is 7.86. The minimum atomic E-state index is -2.37. The van der Waals surface area contributed by atoms with Crippen LogP contribution < -0.4 is 10.2 Å². The van der Waals surface area contributed by atoms with Crippen LogP contribution in [0.4, 0.5) is 14.5 Å². The van der Waals surface area contributed by atoms with Crippen molar-refractivity contribution >= 4 is 17.4 Å². The van der Waals surface area contributed by atoms with E-state index in [1.807, 2.05) is 18.2 Å². The smallest absolute Gasteiger partial charge is 0.288 e. The maximum Gasteiger partial charge on any atom is 0.288 e. The second-order valence-electron chi connectivity index (χ2n) is 5.10. The van der Waals surface area contributed by atoms with Crippen molar-refractivity contribution in [2.75, 3.05) is 24.5 Å². The van der Waals surface area contributed by atoms with Crippen molar-refractivity contribution in [3.05, 3.63) is 24.3 Å². The zero-order valence-corrected chi connectivity index (χ0v) is 12.1. The molecule has 0 saturated carbocycles. The van der Waals surface area contributed by atoms with Crippen LogP contribution in [-0.2, 0) is 0 Å². The maximum atomic E-state index is 12.6. The van der Waals surface area contributed by atoms with Gasteiger partial charge in [-0.05, 0) is 18.1 Å². The van der Waals surface area contributed by atoms with Crippen molar-refractivity contribution in [2.24, 2.45) is 5.92 Å². The quantitative estimate of drug-likeness (QED) is 0.854. The van der Waals surface area contributed by atoms with Crippen LogP contribution in [0.3, 0.4) is 0 Å². The second kappa shape index (κ2) is 6.57. The lowest BCUT2D eigenvalue weighted by molar-refractivity contribution is 0.252. The molecule has 19 heavy (non-hydrogen) atoms. The average molecular weight is 286 g/mol. The molecule has 106 valence electrons. The molecule has 5 heteroatoms. The Bertz CT molecular complexity index is 412. The largest absolute Gasteiger partial charge is 0.368 e. The van der Waals surface area contributed by atoms with Crippen molar-refractivity contribution in [2.45, 2.75) is 30.5 Å². The molecule has 1 atom stereocenters. The summed E-state index contributed by atoms with van der Waals surface area (Å²) < 4.78 is 25.2. The van der Waals surface area contributed by atoms with Crippen LogP contribution in [0.15, 0.2) is 29.2 Å². The number of alkyl halides is 2. The second-order valence-corrected chi connectivity index (χ2v) is 6.13. The summed E-state index contributed by atoms with van der Waals surface area (Å²) in [7, 11) is 0. The van der Waals surface area contributed by atoms with Gasteiger partial charge in [-0.3, -0.25) is 0 Å². The van der Waals surface area contributed by atoms with Gasteiger partial charge in [-0.25, -0.2) is 0 Å². The van der Waals surface area contributed by atoms with Gasteiger partial charge in [-0.1, -0.05) is 37.7 Å². The molecule has 1 heterocycles. The third-order valence-corrected chi connectivity index (χ3v) is 4.21. The molecule has 0 bridgehead atoms. The molecule has 1 aromatic carbocycles. The lowest BCUT2D eigenvalue weighted by atomic mass is 10.0. The Morgan fingerprint density at radius 2 is 2.05 bits per heavy atom. The van der Waals surface area contributed by atoms with Crippen molar-refractivity contribution in [1.29, 1.82) is 0 Å². The van der Waals surface area contributed by atoms with Crippen LogP contribution in [0.2, 0.25) is 0 Å². The fourth-order valence-electron chi connectivity index (χ4n) is 2.36. The topological polar surface area (TPSA) is 15.3 Å². The number of hydrogen-bond acceptors (Lipinski definition) is 3. The van der Waals surface area contributed by atoms with Crippen LogP contribution in [-0.4, -0.2) is 31.4 Å². The highest BCUT2D eigenvalue weighted by atomic mass is 32.2. The maximum absolute atomic E-state index is 12.6. The predicted octanol–water partition coefficient (Wildman–Crippen LogP) is 3.44. The van der Waals surface area contributed by atoms with Crippen LogP contribution >= 0.6 is 11.8 Å². The van der Waals surface area contributed by atoms with E-state index < -0.39 is 5.76 Å². The molecule has 0 radical (unpaired) electrons. The number of nitrogens with zero attached hydrogens (tertiary/aromatic N) is 1. The first-order valence-corrected chi connectivity index (χ1v) is 7.48.